The zero-order valence-electron chi connectivity index (χ0n) is 9.31. The van der Waals surface area contributed by atoms with E-state index in [1.807, 2.05) is 18.2 Å². The molecule has 86 valence electrons. The van der Waals surface area contributed by atoms with Crippen molar-refractivity contribution in [3.63, 3.8) is 0 Å². The van der Waals surface area contributed by atoms with Gasteiger partial charge in [-0.2, -0.15) is 0 Å². The molecule has 0 fully saturated rings. The summed E-state index contributed by atoms with van der Waals surface area (Å²) in [5.41, 5.74) is 8.69. The zero-order valence-corrected chi connectivity index (χ0v) is 9.31. The van der Waals surface area contributed by atoms with Crippen LogP contribution in [0.4, 0.5) is 5.69 Å². The Morgan fingerprint density at radius 3 is 3.00 bits per heavy atom. The lowest BCUT2D eigenvalue weighted by atomic mass is 10.0. The lowest BCUT2D eigenvalue weighted by molar-refractivity contribution is -0.138. The highest BCUT2D eigenvalue weighted by atomic mass is 16.4. The van der Waals surface area contributed by atoms with Crippen molar-refractivity contribution in [2.45, 2.75) is 19.4 Å². The summed E-state index contributed by atoms with van der Waals surface area (Å²) in [4.78, 5) is 13.1. The van der Waals surface area contributed by atoms with E-state index in [9.17, 15) is 4.79 Å². The molecule has 2 rings (SSSR count). The average molecular weight is 220 g/mol. The van der Waals surface area contributed by atoms with Gasteiger partial charge in [-0.05, 0) is 30.5 Å². The van der Waals surface area contributed by atoms with Gasteiger partial charge in [-0.25, -0.2) is 0 Å². The first-order valence-corrected chi connectivity index (χ1v) is 5.49. The fraction of sp³-hybridized carbons (Fsp3) is 0.417. The number of carboxylic acids is 1. The van der Waals surface area contributed by atoms with Gasteiger partial charge >= 0.3 is 5.97 Å². The molecule has 1 atom stereocenters. The lowest BCUT2D eigenvalue weighted by Gasteiger charge is -2.17. The molecule has 0 aliphatic carbocycles. The fourth-order valence-corrected chi connectivity index (χ4v) is 2.15. The number of anilines is 1. The summed E-state index contributed by atoms with van der Waals surface area (Å²) < 4.78 is 0. The van der Waals surface area contributed by atoms with E-state index in [1.165, 1.54) is 11.3 Å². The number of rotatable bonds is 3. The van der Waals surface area contributed by atoms with Gasteiger partial charge in [0.25, 0.3) is 0 Å². The predicted molar refractivity (Wildman–Crippen MR) is 62.6 cm³/mol. The Kier molecular flexibility index (Phi) is 2.83. The maximum Gasteiger partial charge on any atom is 0.325 e. The molecule has 0 amide bonds. The van der Waals surface area contributed by atoms with Crippen LogP contribution in [-0.2, 0) is 11.2 Å². The van der Waals surface area contributed by atoms with E-state index in [0.29, 0.717) is 5.56 Å². The quantitative estimate of drug-likeness (QED) is 0.802. The van der Waals surface area contributed by atoms with Crippen molar-refractivity contribution < 1.29 is 9.90 Å². The molecule has 0 aromatic heterocycles. The summed E-state index contributed by atoms with van der Waals surface area (Å²) in [5.74, 6) is -0.981. The monoisotopic (exact) mass is 220 g/mol. The van der Waals surface area contributed by atoms with Crippen molar-refractivity contribution >= 4 is 11.7 Å². The van der Waals surface area contributed by atoms with Crippen LogP contribution in [0.15, 0.2) is 18.2 Å². The number of hydrogen-bond acceptors (Lipinski definition) is 3. The maximum atomic E-state index is 10.8. The first-order valence-electron chi connectivity index (χ1n) is 5.49. The van der Waals surface area contributed by atoms with E-state index in [1.54, 1.807) is 0 Å². The zero-order chi connectivity index (χ0) is 11.7. The molecule has 3 N–H and O–H groups in total. The second kappa shape index (κ2) is 4.14. The Bertz CT molecular complexity index is 417. The molecule has 0 radical (unpaired) electrons. The Labute approximate surface area is 94.7 Å². The summed E-state index contributed by atoms with van der Waals surface area (Å²) in [5, 5.41) is 8.85. The number of carboxylic acid groups (broad SMARTS) is 1. The van der Waals surface area contributed by atoms with Crippen LogP contribution in [0.2, 0.25) is 0 Å². The summed E-state index contributed by atoms with van der Waals surface area (Å²) in [6.07, 6.45) is 0.976. The molecule has 1 aromatic carbocycles. The highest BCUT2D eigenvalue weighted by Crippen LogP contribution is 2.29. The van der Waals surface area contributed by atoms with Crippen molar-refractivity contribution in [1.82, 2.24) is 0 Å². The number of benzene rings is 1. The Morgan fingerprint density at radius 1 is 1.62 bits per heavy atom. The van der Waals surface area contributed by atoms with Crippen LogP contribution < -0.4 is 10.6 Å². The number of nitrogens with two attached hydrogens (primary N) is 1. The van der Waals surface area contributed by atoms with Crippen molar-refractivity contribution in [2.75, 3.05) is 18.0 Å². The maximum absolute atomic E-state index is 10.8. The first-order chi connectivity index (χ1) is 7.63. The molecule has 0 saturated carbocycles. The van der Waals surface area contributed by atoms with Crippen LogP contribution in [0.5, 0.6) is 0 Å². The molecule has 16 heavy (non-hydrogen) atoms. The molecule has 1 aromatic rings. The molecule has 1 aliphatic heterocycles. The number of aliphatic carboxylic acids is 1. The minimum atomic E-state index is -0.981. The minimum absolute atomic E-state index is 0.684. The van der Waals surface area contributed by atoms with Crippen LogP contribution in [0.25, 0.3) is 0 Å². The number of carbonyl (C=O) groups is 1. The van der Waals surface area contributed by atoms with Gasteiger partial charge in [-0.15, -0.1) is 0 Å². The van der Waals surface area contributed by atoms with Crippen molar-refractivity contribution in [2.24, 2.45) is 5.73 Å². The average Bonchev–Trinajstić information content (AvgIpc) is 2.69. The van der Waals surface area contributed by atoms with Crippen molar-refractivity contribution in [3.05, 3.63) is 29.3 Å². The number of hydrogen-bond donors (Lipinski definition) is 2. The van der Waals surface area contributed by atoms with Gasteiger partial charge in [0.15, 0.2) is 0 Å². The Balaban J connectivity index is 2.31. The van der Waals surface area contributed by atoms with Crippen LogP contribution >= 0.6 is 0 Å². The highest BCUT2D eigenvalue weighted by molar-refractivity contribution is 5.76. The molecule has 1 aliphatic rings. The summed E-state index contributed by atoms with van der Waals surface area (Å²) in [6.45, 7) is 4.11. The molecule has 0 spiro atoms. The van der Waals surface area contributed by atoms with Gasteiger partial charge < -0.3 is 15.7 Å². The van der Waals surface area contributed by atoms with Gasteiger partial charge in [0.1, 0.15) is 6.04 Å². The molecule has 0 bridgehead atoms. The second-order valence-corrected chi connectivity index (χ2v) is 4.03. The first kappa shape index (κ1) is 11.0. The van der Waals surface area contributed by atoms with Crippen molar-refractivity contribution in [3.8, 4) is 0 Å². The molecule has 1 unspecified atom stereocenters. The Hall–Kier alpha value is -1.55. The SMILES string of the molecule is CCN1CCc2cc(C(N)C(=O)O)ccc21. The van der Waals surface area contributed by atoms with E-state index in [-0.39, 0.29) is 0 Å². The van der Waals surface area contributed by atoms with Crippen LogP contribution in [0, 0.1) is 0 Å². The molecular formula is C12H16N2O2. The van der Waals surface area contributed by atoms with Gasteiger partial charge in [-0.3, -0.25) is 4.79 Å². The van der Waals surface area contributed by atoms with E-state index >= 15 is 0 Å². The Morgan fingerprint density at radius 2 is 2.38 bits per heavy atom. The van der Waals surface area contributed by atoms with E-state index in [0.717, 1.165) is 19.5 Å². The lowest BCUT2D eigenvalue weighted by Crippen LogP contribution is -2.21. The smallest absolute Gasteiger partial charge is 0.325 e. The highest BCUT2D eigenvalue weighted by Gasteiger charge is 2.21. The predicted octanol–water partition coefficient (Wildman–Crippen LogP) is 1.15. The summed E-state index contributed by atoms with van der Waals surface area (Å²) in [6, 6.07) is 4.79. The minimum Gasteiger partial charge on any atom is -0.480 e. The number of fused-ring (bicyclic) bond motifs is 1. The third-order valence-corrected chi connectivity index (χ3v) is 3.10. The topological polar surface area (TPSA) is 66.6 Å². The molecule has 0 saturated heterocycles. The largest absolute Gasteiger partial charge is 0.480 e. The summed E-state index contributed by atoms with van der Waals surface area (Å²) in [7, 11) is 0. The molecular weight excluding hydrogens is 204 g/mol. The van der Waals surface area contributed by atoms with E-state index in [4.69, 9.17) is 10.8 Å². The van der Waals surface area contributed by atoms with E-state index in [2.05, 4.69) is 11.8 Å². The number of nitrogens with zero attached hydrogens (tertiary/aromatic N) is 1. The van der Waals surface area contributed by atoms with Gasteiger partial charge in [0.05, 0.1) is 0 Å². The van der Waals surface area contributed by atoms with Gasteiger partial charge in [-0.1, -0.05) is 12.1 Å². The molecule has 1 heterocycles. The van der Waals surface area contributed by atoms with Gasteiger partial charge in [0.2, 0.25) is 0 Å². The van der Waals surface area contributed by atoms with Crippen molar-refractivity contribution in [1.29, 1.82) is 0 Å². The third kappa shape index (κ3) is 1.76. The second-order valence-electron chi connectivity index (χ2n) is 4.03. The molecule has 4 nitrogen and oxygen atoms in total. The van der Waals surface area contributed by atoms with Crippen LogP contribution in [-0.4, -0.2) is 24.2 Å². The third-order valence-electron chi connectivity index (χ3n) is 3.10. The standard InChI is InChI=1S/C12H16N2O2/c1-2-14-6-5-8-7-9(3-4-10(8)14)11(13)12(15)16/h3-4,7,11H,2,5-6,13H2,1H3,(H,15,16). The van der Waals surface area contributed by atoms with E-state index < -0.39 is 12.0 Å². The fourth-order valence-electron chi connectivity index (χ4n) is 2.15. The number of likely N-dealkylation sites (N-methyl/N-ethyl adjacent to an activating group) is 1. The summed E-state index contributed by atoms with van der Waals surface area (Å²) >= 11 is 0. The van der Waals surface area contributed by atoms with Gasteiger partial charge in [0, 0.05) is 18.8 Å². The normalized spacial score (nSPS) is 16.0. The van der Waals surface area contributed by atoms with Crippen LogP contribution in [0.1, 0.15) is 24.1 Å². The molecule has 4 heteroatoms. The van der Waals surface area contributed by atoms with Crippen LogP contribution in [0.3, 0.4) is 0 Å².